The zero-order valence-electron chi connectivity index (χ0n) is 9.01. The molecule has 0 aliphatic carbocycles. The summed E-state index contributed by atoms with van der Waals surface area (Å²) in [6, 6.07) is 20.9. The monoisotopic (exact) mass is 273 g/mol. The first-order chi connectivity index (χ1) is 7.86. The molecule has 81 valence electrons. The molecule has 2 aromatic rings. The van der Waals surface area contributed by atoms with Crippen molar-refractivity contribution in [2.75, 3.05) is 0 Å². The summed E-state index contributed by atoms with van der Waals surface area (Å²) in [5.41, 5.74) is 2.61. The molecule has 0 saturated heterocycles. The van der Waals surface area contributed by atoms with E-state index in [4.69, 9.17) is 0 Å². The fraction of sp³-hybridized carbons (Fsp3) is 0.133. The lowest BCUT2D eigenvalue weighted by atomic mass is 10.0. The van der Waals surface area contributed by atoms with E-state index in [1.807, 2.05) is 12.1 Å². The summed E-state index contributed by atoms with van der Waals surface area (Å²) in [6.45, 7) is 0. The minimum absolute atomic E-state index is 0.397. The van der Waals surface area contributed by atoms with Crippen LogP contribution in [-0.4, -0.2) is 0 Å². The topological polar surface area (TPSA) is 0 Å². The van der Waals surface area contributed by atoms with Gasteiger partial charge in [0.2, 0.25) is 0 Å². The second kappa shape index (κ2) is 5.86. The Morgan fingerprint density at radius 1 is 0.875 bits per heavy atom. The van der Waals surface area contributed by atoms with Crippen molar-refractivity contribution in [3.05, 3.63) is 78.2 Å². The maximum atomic E-state index is 3.71. The van der Waals surface area contributed by atoms with E-state index in [0.29, 0.717) is 4.83 Å². The number of hydrogen-bond acceptors (Lipinski definition) is 0. The fourth-order valence-corrected chi connectivity index (χ4v) is 2.12. The van der Waals surface area contributed by atoms with E-state index in [1.54, 1.807) is 0 Å². The molecule has 1 atom stereocenters. The molecule has 0 N–H and O–H groups in total. The highest BCUT2D eigenvalue weighted by Gasteiger charge is 2.06. The average Bonchev–Trinajstić information content (AvgIpc) is 2.38. The first-order valence-electron chi connectivity index (χ1n) is 5.43. The quantitative estimate of drug-likeness (QED) is 0.705. The lowest BCUT2D eigenvalue weighted by Crippen LogP contribution is -1.91. The van der Waals surface area contributed by atoms with Crippen molar-refractivity contribution in [1.29, 1.82) is 0 Å². The number of hydrogen-bond donors (Lipinski definition) is 0. The predicted octanol–water partition coefficient (Wildman–Crippen LogP) is 4.77. The third-order valence-electron chi connectivity index (χ3n) is 2.52. The Labute approximate surface area is 105 Å². The normalized spacial score (nSPS) is 12.3. The number of rotatable bonds is 4. The lowest BCUT2D eigenvalue weighted by molar-refractivity contribution is 0.940. The number of alkyl halides is 1. The molecular formula is C15H14Br. The summed E-state index contributed by atoms with van der Waals surface area (Å²) >= 11 is 3.71. The molecule has 0 heterocycles. The third kappa shape index (κ3) is 3.21. The van der Waals surface area contributed by atoms with Crippen LogP contribution in [0, 0.1) is 6.42 Å². The Kier molecular flexibility index (Phi) is 4.17. The first-order valence-corrected chi connectivity index (χ1v) is 6.35. The third-order valence-corrected chi connectivity index (χ3v) is 3.42. The van der Waals surface area contributed by atoms with Crippen LogP contribution in [-0.2, 0) is 0 Å². The van der Waals surface area contributed by atoms with E-state index < -0.39 is 0 Å². The minimum atomic E-state index is 0.397. The van der Waals surface area contributed by atoms with E-state index in [9.17, 15) is 0 Å². The largest absolute Gasteiger partial charge is 0.0839 e. The van der Waals surface area contributed by atoms with Crippen LogP contribution in [0.2, 0.25) is 0 Å². The SMILES string of the molecule is BrC(C[CH]c1ccccc1)c1ccccc1. The van der Waals surface area contributed by atoms with Gasteiger partial charge in [-0.15, -0.1) is 0 Å². The van der Waals surface area contributed by atoms with Crippen LogP contribution in [0.1, 0.15) is 22.4 Å². The zero-order valence-corrected chi connectivity index (χ0v) is 10.6. The highest BCUT2D eigenvalue weighted by atomic mass is 79.9. The Hall–Kier alpha value is -1.08. The van der Waals surface area contributed by atoms with Crippen molar-refractivity contribution in [3.8, 4) is 0 Å². The number of halogens is 1. The Morgan fingerprint density at radius 3 is 2.06 bits per heavy atom. The molecular weight excluding hydrogens is 260 g/mol. The Morgan fingerprint density at radius 2 is 1.44 bits per heavy atom. The van der Waals surface area contributed by atoms with Crippen molar-refractivity contribution in [3.63, 3.8) is 0 Å². The standard InChI is InChI=1S/C15H14Br/c16-15(14-9-5-2-6-10-14)12-11-13-7-3-1-4-8-13/h1-11,15H,12H2. The van der Waals surface area contributed by atoms with Gasteiger partial charge in [-0.25, -0.2) is 0 Å². The van der Waals surface area contributed by atoms with Gasteiger partial charge in [-0.2, -0.15) is 0 Å². The highest BCUT2D eigenvalue weighted by molar-refractivity contribution is 9.09. The van der Waals surface area contributed by atoms with Crippen LogP contribution in [0.15, 0.2) is 60.7 Å². The van der Waals surface area contributed by atoms with Gasteiger partial charge in [0.25, 0.3) is 0 Å². The molecule has 0 saturated carbocycles. The van der Waals surface area contributed by atoms with E-state index in [2.05, 4.69) is 70.9 Å². The van der Waals surface area contributed by atoms with Crippen molar-refractivity contribution in [2.45, 2.75) is 11.2 Å². The maximum Gasteiger partial charge on any atom is 0.0401 e. The van der Waals surface area contributed by atoms with Gasteiger partial charge in [0.15, 0.2) is 0 Å². The molecule has 0 fully saturated rings. The first kappa shape index (κ1) is 11.4. The van der Waals surface area contributed by atoms with Gasteiger partial charge in [0, 0.05) is 4.83 Å². The van der Waals surface area contributed by atoms with Crippen molar-refractivity contribution < 1.29 is 0 Å². The molecule has 0 amide bonds. The molecule has 0 nitrogen and oxygen atoms in total. The van der Waals surface area contributed by atoms with E-state index in [0.717, 1.165) is 6.42 Å². The molecule has 2 aromatic carbocycles. The molecule has 16 heavy (non-hydrogen) atoms. The zero-order chi connectivity index (χ0) is 11.2. The Balaban J connectivity index is 1.92. The number of benzene rings is 2. The smallest absolute Gasteiger partial charge is 0.0401 e. The van der Waals surface area contributed by atoms with Crippen LogP contribution in [0.4, 0.5) is 0 Å². The van der Waals surface area contributed by atoms with Crippen LogP contribution in [0.25, 0.3) is 0 Å². The predicted molar refractivity (Wildman–Crippen MR) is 72.6 cm³/mol. The summed E-state index contributed by atoms with van der Waals surface area (Å²) in [7, 11) is 0. The Bertz CT molecular complexity index is 408. The summed E-state index contributed by atoms with van der Waals surface area (Å²) < 4.78 is 0. The molecule has 2 rings (SSSR count). The van der Waals surface area contributed by atoms with Gasteiger partial charge < -0.3 is 0 Å². The van der Waals surface area contributed by atoms with Gasteiger partial charge in [-0.05, 0) is 24.0 Å². The summed E-state index contributed by atoms with van der Waals surface area (Å²) in [6.07, 6.45) is 3.26. The van der Waals surface area contributed by atoms with E-state index in [-0.39, 0.29) is 0 Å². The molecule has 0 aliphatic heterocycles. The van der Waals surface area contributed by atoms with E-state index >= 15 is 0 Å². The maximum absolute atomic E-state index is 3.71. The molecule has 0 aliphatic rings. The summed E-state index contributed by atoms with van der Waals surface area (Å²) in [5, 5.41) is 0. The van der Waals surface area contributed by atoms with Gasteiger partial charge in [-0.1, -0.05) is 76.6 Å². The van der Waals surface area contributed by atoms with Crippen molar-refractivity contribution >= 4 is 15.9 Å². The summed E-state index contributed by atoms with van der Waals surface area (Å²) in [4.78, 5) is 0.397. The summed E-state index contributed by atoms with van der Waals surface area (Å²) in [5.74, 6) is 0. The van der Waals surface area contributed by atoms with E-state index in [1.165, 1.54) is 11.1 Å². The lowest BCUT2D eigenvalue weighted by Gasteiger charge is -2.09. The second-order valence-electron chi connectivity index (χ2n) is 3.73. The van der Waals surface area contributed by atoms with Gasteiger partial charge in [-0.3, -0.25) is 0 Å². The second-order valence-corrected chi connectivity index (χ2v) is 4.83. The van der Waals surface area contributed by atoms with Gasteiger partial charge >= 0.3 is 0 Å². The fourth-order valence-electron chi connectivity index (χ4n) is 1.63. The molecule has 0 spiro atoms. The van der Waals surface area contributed by atoms with Gasteiger partial charge in [0.1, 0.15) is 0 Å². The molecule has 1 heteroatoms. The highest BCUT2D eigenvalue weighted by Crippen LogP contribution is 2.28. The molecule has 0 bridgehead atoms. The molecule has 1 radical (unpaired) electrons. The average molecular weight is 274 g/mol. The van der Waals surface area contributed by atoms with Gasteiger partial charge in [0.05, 0.1) is 0 Å². The van der Waals surface area contributed by atoms with Crippen LogP contribution in [0.3, 0.4) is 0 Å². The van der Waals surface area contributed by atoms with Crippen molar-refractivity contribution in [1.82, 2.24) is 0 Å². The van der Waals surface area contributed by atoms with Crippen molar-refractivity contribution in [2.24, 2.45) is 0 Å². The van der Waals surface area contributed by atoms with Crippen LogP contribution < -0.4 is 0 Å². The van der Waals surface area contributed by atoms with Crippen LogP contribution in [0.5, 0.6) is 0 Å². The molecule has 0 aromatic heterocycles. The minimum Gasteiger partial charge on any atom is -0.0839 e. The van der Waals surface area contributed by atoms with Crippen LogP contribution >= 0.6 is 15.9 Å². The molecule has 1 unspecified atom stereocenters.